The number of imidazole rings is 1. The molecule has 0 saturated heterocycles. The van der Waals surface area contributed by atoms with E-state index < -0.39 is 6.09 Å². The topological polar surface area (TPSA) is 120 Å². The molecule has 196 valence electrons. The van der Waals surface area contributed by atoms with E-state index in [9.17, 15) is 9.90 Å². The van der Waals surface area contributed by atoms with Gasteiger partial charge in [0.1, 0.15) is 24.0 Å². The van der Waals surface area contributed by atoms with E-state index in [1.807, 2.05) is 25.1 Å². The van der Waals surface area contributed by atoms with Gasteiger partial charge in [-0.2, -0.15) is 4.98 Å². The number of hydrogen-bond donors (Lipinski definition) is 2. The Morgan fingerprint density at radius 2 is 2.11 bits per heavy atom. The lowest BCUT2D eigenvalue weighted by Gasteiger charge is -2.29. The zero-order chi connectivity index (χ0) is 26.4. The fraction of sp³-hybridized carbons (Fsp3) is 0.393. The van der Waals surface area contributed by atoms with E-state index in [-0.39, 0.29) is 5.95 Å². The van der Waals surface area contributed by atoms with Gasteiger partial charge in [-0.25, -0.2) is 19.7 Å². The molecule has 4 aromatic rings. The van der Waals surface area contributed by atoms with Crippen LogP contribution < -0.4 is 14.5 Å². The minimum atomic E-state index is -1.09. The number of hydrogen-bond acceptors (Lipinski definition) is 7. The standard InChI is InChI=1S/C28H31N7O3/c1-4-17-5-7-21-22(11-17)30-16(2)31-26(21)35-9-10-38-24-8-6-18(12-20(24)15-35)19-13-23-25(29-14-19)33-27(32-23)34(3)28(36)37/h6,8,12-14,17H,4-5,7,9-11,15H2,1-3H3,(H,36,37)(H,29,32,33)/t17-/m0/s1. The van der Waals surface area contributed by atoms with Crippen LogP contribution in [0.4, 0.5) is 16.6 Å². The molecule has 10 nitrogen and oxygen atoms in total. The van der Waals surface area contributed by atoms with Gasteiger partial charge in [0.25, 0.3) is 0 Å². The molecule has 0 fully saturated rings. The molecule has 0 bridgehead atoms. The van der Waals surface area contributed by atoms with E-state index in [0.717, 1.165) is 58.4 Å². The Balaban J connectivity index is 1.32. The Bertz CT molecular complexity index is 1530. The third kappa shape index (κ3) is 4.40. The summed E-state index contributed by atoms with van der Waals surface area (Å²) in [6.45, 7) is 6.28. The van der Waals surface area contributed by atoms with Crippen LogP contribution >= 0.6 is 0 Å². The predicted octanol–water partition coefficient (Wildman–Crippen LogP) is 4.75. The molecule has 0 radical (unpaired) electrons. The predicted molar refractivity (Wildman–Crippen MR) is 145 cm³/mol. The summed E-state index contributed by atoms with van der Waals surface area (Å²) < 4.78 is 6.14. The van der Waals surface area contributed by atoms with Gasteiger partial charge in [0.05, 0.1) is 12.1 Å². The maximum absolute atomic E-state index is 11.3. The van der Waals surface area contributed by atoms with Crippen molar-refractivity contribution in [2.45, 2.75) is 46.1 Å². The highest BCUT2D eigenvalue weighted by Gasteiger charge is 2.27. The maximum atomic E-state index is 11.3. The molecule has 1 aliphatic heterocycles. The van der Waals surface area contributed by atoms with Gasteiger partial charge in [-0.1, -0.05) is 19.4 Å². The minimum absolute atomic E-state index is 0.233. The quantitative estimate of drug-likeness (QED) is 0.401. The van der Waals surface area contributed by atoms with Crippen LogP contribution in [0.2, 0.25) is 0 Å². The number of aromatic nitrogens is 5. The number of benzene rings is 1. The normalized spacial score (nSPS) is 16.9. The summed E-state index contributed by atoms with van der Waals surface area (Å²) in [6, 6.07) is 8.13. The van der Waals surface area contributed by atoms with Gasteiger partial charge in [-0.05, 0) is 55.9 Å². The zero-order valence-corrected chi connectivity index (χ0v) is 21.9. The van der Waals surface area contributed by atoms with E-state index in [2.05, 4.69) is 32.8 Å². The molecule has 38 heavy (non-hydrogen) atoms. The summed E-state index contributed by atoms with van der Waals surface area (Å²) >= 11 is 0. The molecule has 4 heterocycles. The Hall–Kier alpha value is -4.21. The Labute approximate surface area is 220 Å². The number of carboxylic acid groups (broad SMARTS) is 1. The van der Waals surface area contributed by atoms with E-state index in [4.69, 9.17) is 14.7 Å². The third-order valence-electron chi connectivity index (χ3n) is 7.65. The summed E-state index contributed by atoms with van der Waals surface area (Å²) in [7, 11) is 1.44. The average molecular weight is 514 g/mol. The van der Waals surface area contributed by atoms with Crippen LogP contribution in [-0.2, 0) is 19.4 Å². The first kappa shape index (κ1) is 24.1. The molecular formula is C28H31N7O3. The summed E-state index contributed by atoms with van der Waals surface area (Å²) in [5.41, 5.74) is 6.63. The molecular weight excluding hydrogens is 482 g/mol. The smallest absolute Gasteiger partial charge is 0.413 e. The van der Waals surface area contributed by atoms with Gasteiger partial charge in [0, 0.05) is 42.2 Å². The van der Waals surface area contributed by atoms with Crippen LogP contribution in [0.25, 0.3) is 22.3 Å². The minimum Gasteiger partial charge on any atom is -0.491 e. The van der Waals surface area contributed by atoms with Crippen molar-refractivity contribution < 1.29 is 14.6 Å². The first-order valence-electron chi connectivity index (χ1n) is 13.1. The van der Waals surface area contributed by atoms with Crippen molar-refractivity contribution in [3.05, 3.63) is 53.1 Å². The second-order valence-electron chi connectivity index (χ2n) is 10.1. The van der Waals surface area contributed by atoms with E-state index in [1.54, 1.807) is 6.20 Å². The lowest BCUT2D eigenvalue weighted by atomic mass is 9.85. The van der Waals surface area contributed by atoms with Gasteiger partial charge in [-0.3, -0.25) is 4.90 Å². The second-order valence-corrected chi connectivity index (χ2v) is 10.1. The van der Waals surface area contributed by atoms with Crippen molar-refractivity contribution >= 4 is 29.0 Å². The monoisotopic (exact) mass is 513 g/mol. The zero-order valence-electron chi connectivity index (χ0n) is 21.9. The number of fused-ring (bicyclic) bond motifs is 3. The maximum Gasteiger partial charge on any atom is 0.413 e. The van der Waals surface area contributed by atoms with Crippen molar-refractivity contribution in [1.29, 1.82) is 0 Å². The number of aromatic amines is 1. The number of H-pyrrole nitrogens is 1. The molecule has 1 aromatic carbocycles. The van der Waals surface area contributed by atoms with Gasteiger partial charge >= 0.3 is 6.09 Å². The van der Waals surface area contributed by atoms with Crippen LogP contribution in [0.1, 0.15) is 42.4 Å². The third-order valence-corrected chi connectivity index (χ3v) is 7.65. The average Bonchev–Trinajstić information content (AvgIpc) is 3.23. The summed E-state index contributed by atoms with van der Waals surface area (Å²) in [5, 5.41) is 9.26. The van der Waals surface area contributed by atoms with Gasteiger partial charge < -0.3 is 19.7 Å². The molecule has 0 spiro atoms. The highest BCUT2D eigenvalue weighted by atomic mass is 16.5. The van der Waals surface area contributed by atoms with Gasteiger partial charge in [0.15, 0.2) is 5.65 Å². The number of amides is 1. The number of nitrogens with zero attached hydrogens (tertiary/aromatic N) is 6. The van der Waals surface area contributed by atoms with Crippen molar-refractivity contribution in [2.24, 2.45) is 5.92 Å². The summed E-state index contributed by atoms with van der Waals surface area (Å²) in [5.74, 6) is 3.67. The number of pyridine rings is 1. The number of anilines is 2. The second kappa shape index (κ2) is 9.59. The molecule has 2 N–H and O–H groups in total. The van der Waals surface area contributed by atoms with Crippen molar-refractivity contribution in [2.75, 3.05) is 30.0 Å². The first-order chi connectivity index (χ1) is 18.4. The van der Waals surface area contributed by atoms with Crippen molar-refractivity contribution in [3.63, 3.8) is 0 Å². The number of rotatable bonds is 4. The Morgan fingerprint density at radius 1 is 1.24 bits per heavy atom. The number of aryl methyl sites for hydroxylation is 1. The number of ether oxygens (including phenoxy) is 1. The van der Waals surface area contributed by atoms with Crippen molar-refractivity contribution in [3.8, 4) is 16.9 Å². The molecule has 6 rings (SSSR count). The molecule has 1 amide bonds. The van der Waals surface area contributed by atoms with E-state index in [1.165, 1.54) is 31.1 Å². The van der Waals surface area contributed by atoms with E-state index in [0.29, 0.717) is 30.2 Å². The lowest BCUT2D eigenvalue weighted by Crippen LogP contribution is -2.29. The Kier molecular flexibility index (Phi) is 6.09. The molecule has 2 aliphatic rings. The van der Waals surface area contributed by atoms with Crippen LogP contribution in [0.3, 0.4) is 0 Å². The lowest BCUT2D eigenvalue weighted by molar-refractivity contribution is 0.203. The largest absolute Gasteiger partial charge is 0.491 e. The van der Waals surface area contributed by atoms with E-state index >= 15 is 0 Å². The molecule has 10 heteroatoms. The summed E-state index contributed by atoms with van der Waals surface area (Å²) in [4.78, 5) is 36.2. The fourth-order valence-corrected chi connectivity index (χ4v) is 5.45. The molecule has 3 aromatic heterocycles. The van der Waals surface area contributed by atoms with Crippen LogP contribution in [0.15, 0.2) is 30.5 Å². The molecule has 1 atom stereocenters. The highest BCUT2D eigenvalue weighted by molar-refractivity contribution is 5.87. The SMILES string of the molecule is CC[C@H]1CCc2c(nc(C)nc2N2CCOc3ccc(-c4cnc5nc(N(C)C(=O)O)[nH]c5c4)cc3C2)C1. The van der Waals surface area contributed by atoms with Crippen LogP contribution in [0, 0.1) is 12.8 Å². The fourth-order valence-electron chi connectivity index (χ4n) is 5.45. The first-order valence-corrected chi connectivity index (χ1v) is 13.1. The van der Waals surface area contributed by atoms with Crippen molar-refractivity contribution in [1.82, 2.24) is 24.9 Å². The highest BCUT2D eigenvalue weighted by Crippen LogP contribution is 2.35. The van der Waals surface area contributed by atoms with Gasteiger partial charge in [-0.15, -0.1) is 0 Å². The number of carbonyl (C=O) groups is 1. The molecule has 0 unspecified atom stereocenters. The summed E-state index contributed by atoms with van der Waals surface area (Å²) in [6.07, 6.45) is 5.08. The van der Waals surface area contributed by atoms with Crippen LogP contribution in [0.5, 0.6) is 5.75 Å². The van der Waals surface area contributed by atoms with Crippen LogP contribution in [-0.4, -0.2) is 56.3 Å². The van der Waals surface area contributed by atoms with Gasteiger partial charge in [0.2, 0.25) is 5.95 Å². The number of nitrogens with one attached hydrogen (secondary N) is 1. The Morgan fingerprint density at radius 3 is 2.92 bits per heavy atom. The molecule has 1 aliphatic carbocycles. The molecule has 0 saturated carbocycles.